The van der Waals surface area contributed by atoms with Crippen LogP contribution in [0.1, 0.15) is 22.8 Å². The molecule has 0 aromatic heterocycles. The molecule has 98 valence electrons. The Kier molecular flexibility index (Phi) is 3.21. The zero-order valence-electron chi connectivity index (χ0n) is 10.6. The van der Waals surface area contributed by atoms with Crippen molar-refractivity contribution in [1.29, 1.82) is 0 Å². The number of carbonyl (C=O) groups is 3. The van der Waals surface area contributed by atoms with Gasteiger partial charge in [0.15, 0.2) is 0 Å². The smallest absolute Gasteiger partial charge is 0.331 e. The van der Waals surface area contributed by atoms with Crippen molar-refractivity contribution in [3.05, 3.63) is 41.0 Å². The van der Waals surface area contributed by atoms with Gasteiger partial charge >= 0.3 is 5.97 Å². The number of amides is 1. The van der Waals surface area contributed by atoms with Crippen LogP contribution in [0.4, 0.5) is 5.69 Å². The SMILES string of the molecule is CC(=CCN1C(=O)C(=O)c2cc(C)ccc21)C(=O)O. The normalized spacial score (nSPS) is 14.8. The Labute approximate surface area is 110 Å². The summed E-state index contributed by atoms with van der Waals surface area (Å²) in [5.41, 5.74) is 1.96. The standard InChI is InChI=1S/C14H13NO4/c1-8-3-4-11-10(7-8)12(16)13(17)15(11)6-5-9(2)14(18)19/h3-5,7H,6H2,1-2H3,(H,18,19). The molecule has 2 rings (SSSR count). The molecule has 5 heteroatoms. The van der Waals surface area contributed by atoms with Gasteiger partial charge in [0.25, 0.3) is 11.7 Å². The van der Waals surface area contributed by atoms with Crippen molar-refractivity contribution in [3.63, 3.8) is 0 Å². The third-order valence-electron chi connectivity index (χ3n) is 3.04. The quantitative estimate of drug-likeness (QED) is 0.660. The maximum atomic E-state index is 11.9. The molecule has 1 aromatic rings. The van der Waals surface area contributed by atoms with E-state index in [2.05, 4.69) is 0 Å². The number of aryl methyl sites for hydroxylation is 1. The average molecular weight is 259 g/mol. The van der Waals surface area contributed by atoms with Gasteiger partial charge in [-0.2, -0.15) is 0 Å². The van der Waals surface area contributed by atoms with Gasteiger partial charge in [-0.25, -0.2) is 4.79 Å². The molecule has 0 aliphatic carbocycles. The van der Waals surface area contributed by atoms with E-state index in [1.165, 1.54) is 17.9 Å². The largest absolute Gasteiger partial charge is 0.478 e. The lowest BCUT2D eigenvalue weighted by atomic mass is 10.1. The predicted molar refractivity (Wildman–Crippen MR) is 69.3 cm³/mol. The highest BCUT2D eigenvalue weighted by Crippen LogP contribution is 2.29. The summed E-state index contributed by atoms with van der Waals surface area (Å²) in [5, 5.41) is 8.77. The molecule has 0 spiro atoms. The van der Waals surface area contributed by atoms with Gasteiger partial charge in [0.2, 0.25) is 0 Å². The summed E-state index contributed by atoms with van der Waals surface area (Å²) >= 11 is 0. The van der Waals surface area contributed by atoms with E-state index in [0.29, 0.717) is 11.3 Å². The summed E-state index contributed by atoms with van der Waals surface area (Å²) in [4.78, 5) is 35.7. The first kappa shape index (κ1) is 13.0. The number of benzene rings is 1. The fourth-order valence-electron chi connectivity index (χ4n) is 1.91. The van der Waals surface area contributed by atoms with E-state index in [4.69, 9.17) is 5.11 Å². The molecular weight excluding hydrogens is 246 g/mol. The molecule has 1 heterocycles. The van der Waals surface area contributed by atoms with E-state index in [1.807, 2.05) is 13.0 Å². The zero-order valence-corrected chi connectivity index (χ0v) is 10.6. The van der Waals surface area contributed by atoms with Crippen LogP contribution in [-0.2, 0) is 9.59 Å². The second kappa shape index (κ2) is 4.68. The highest BCUT2D eigenvalue weighted by Gasteiger charge is 2.35. The van der Waals surface area contributed by atoms with Crippen LogP contribution in [0, 0.1) is 6.92 Å². The maximum Gasteiger partial charge on any atom is 0.331 e. The molecule has 0 unspecified atom stereocenters. The maximum absolute atomic E-state index is 11.9. The van der Waals surface area contributed by atoms with E-state index >= 15 is 0 Å². The molecule has 0 fully saturated rings. The highest BCUT2D eigenvalue weighted by atomic mass is 16.4. The third-order valence-corrected chi connectivity index (χ3v) is 3.04. The number of anilines is 1. The molecule has 0 bridgehead atoms. The average Bonchev–Trinajstić information content (AvgIpc) is 2.60. The summed E-state index contributed by atoms with van der Waals surface area (Å²) in [6, 6.07) is 5.19. The van der Waals surface area contributed by atoms with Crippen molar-refractivity contribution >= 4 is 23.3 Å². The first-order chi connectivity index (χ1) is 8.91. The van der Waals surface area contributed by atoms with Crippen molar-refractivity contribution in [2.45, 2.75) is 13.8 Å². The van der Waals surface area contributed by atoms with Gasteiger partial charge < -0.3 is 10.0 Å². The molecule has 1 aromatic carbocycles. The van der Waals surface area contributed by atoms with Crippen LogP contribution in [0.2, 0.25) is 0 Å². The molecule has 1 aliphatic heterocycles. The van der Waals surface area contributed by atoms with Crippen LogP contribution in [0.5, 0.6) is 0 Å². The third kappa shape index (κ3) is 2.27. The molecule has 0 saturated heterocycles. The van der Waals surface area contributed by atoms with Gasteiger partial charge in [-0.3, -0.25) is 9.59 Å². The number of nitrogens with zero attached hydrogens (tertiary/aromatic N) is 1. The fourth-order valence-corrected chi connectivity index (χ4v) is 1.91. The van der Waals surface area contributed by atoms with Gasteiger partial charge in [-0.1, -0.05) is 17.7 Å². The minimum atomic E-state index is -1.04. The molecule has 0 radical (unpaired) electrons. The van der Waals surface area contributed by atoms with E-state index in [-0.39, 0.29) is 12.1 Å². The van der Waals surface area contributed by atoms with Crippen LogP contribution < -0.4 is 4.90 Å². The molecule has 5 nitrogen and oxygen atoms in total. The van der Waals surface area contributed by atoms with E-state index in [0.717, 1.165) is 5.56 Å². The number of fused-ring (bicyclic) bond motifs is 1. The molecule has 1 aliphatic rings. The fraction of sp³-hybridized carbons (Fsp3) is 0.214. The number of ketones is 1. The number of rotatable bonds is 3. The minimum absolute atomic E-state index is 0.0821. The van der Waals surface area contributed by atoms with Crippen molar-refractivity contribution in [1.82, 2.24) is 0 Å². The number of carbonyl (C=O) groups excluding carboxylic acids is 2. The summed E-state index contributed by atoms with van der Waals surface area (Å²) in [5.74, 6) is -2.20. The molecule has 1 amide bonds. The number of Topliss-reactive ketones (excluding diaryl/α,β-unsaturated/α-hetero) is 1. The van der Waals surface area contributed by atoms with E-state index in [1.54, 1.807) is 12.1 Å². The molecule has 19 heavy (non-hydrogen) atoms. The Morgan fingerprint density at radius 3 is 2.68 bits per heavy atom. The Balaban J connectivity index is 2.34. The van der Waals surface area contributed by atoms with Gasteiger partial charge in [0.1, 0.15) is 0 Å². The van der Waals surface area contributed by atoms with E-state index < -0.39 is 17.7 Å². The molecule has 0 saturated carbocycles. The number of carboxylic acid groups (broad SMARTS) is 1. The van der Waals surface area contributed by atoms with Crippen molar-refractivity contribution in [2.24, 2.45) is 0 Å². The van der Waals surface area contributed by atoms with Gasteiger partial charge in [-0.15, -0.1) is 0 Å². The molecule has 0 atom stereocenters. The van der Waals surface area contributed by atoms with Crippen LogP contribution in [0.25, 0.3) is 0 Å². The van der Waals surface area contributed by atoms with Crippen LogP contribution in [0.15, 0.2) is 29.8 Å². The van der Waals surface area contributed by atoms with Gasteiger partial charge in [0.05, 0.1) is 11.3 Å². The first-order valence-electron chi connectivity index (χ1n) is 5.78. The van der Waals surface area contributed by atoms with Crippen molar-refractivity contribution in [2.75, 3.05) is 11.4 Å². The van der Waals surface area contributed by atoms with Gasteiger partial charge in [-0.05, 0) is 26.0 Å². The first-order valence-corrected chi connectivity index (χ1v) is 5.78. The second-order valence-corrected chi connectivity index (χ2v) is 4.46. The van der Waals surface area contributed by atoms with Crippen LogP contribution in [-0.4, -0.2) is 29.3 Å². The molecular formula is C14H13NO4. The number of hydrogen-bond acceptors (Lipinski definition) is 3. The summed E-state index contributed by atoms with van der Waals surface area (Å²) in [6.45, 7) is 3.37. The van der Waals surface area contributed by atoms with Gasteiger partial charge in [0, 0.05) is 12.1 Å². The minimum Gasteiger partial charge on any atom is -0.478 e. The van der Waals surface area contributed by atoms with Crippen molar-refractivity contribution < 1.29 is 19.5 Å². The van der Waals surface area contributed by atoms with E-state index in [9.17, 15) is 14.4 Å². The van der Waals surface area contributed by atoms with Crippen molar-refractivity contribution in [3.8, 4) is 0 Å². The van der Waals surface area contributed by atoms with Crippen LogP contribution in [0.3, 0.4) is 0 Å². The lowest BCUT2D eigenvalue weighted by Gasteiger charge is -2.14. The Hall–Kier alpha value is -2.43. The highest BCUT2D eigenvalue weighted by molar-refractivity contribution is 6.52. The summed E-state index contributed by atoms with van der Waals surface area (Å²) in [7, 11) is 0. The summed E-state index contributed by atoms with van der Waals surface area (Å²) in [6.07, 6.45) is 1.42. The second-order valence-electron chi connectivity index (χ2n) is 4.46. The monoisotopic (exact) mass is 259 g/mol. The van der Waals surface area contributed by atoms with Crippen LogP contribution >= 0.6 is 0 Å². The topological polar surface area (TPSA) is 74.7 Å². The lowest BCUT2D eigenvalue weighted by molar-refractivity contribution is -0.132. The Bertz CT molecular complexity index is 616. The predicted octanol–water partition coefficient (Wildman–Crippen LogP) is 1.56. The Morgan fingerprint density at radius 2 is 2.05 bits per heavy atom. The number of carboxylic acids is 1. The Morgan fingerprint density at radius 1 is 1.37 bits per heavy atom. The zero-order chi connectivity index (χ0) is 14.2. The lowest BCUT2D eigenvalue weighted by Crippen LogP contribution is -2.30. The number of hydrogen-bond donors (Lipinski definition) is 1. The number of aliphatic carboxylic acids is 1. The summed E-state index contributed by atoms with van der Waals surface area (Å²) < 4.78 is 0. The molecule has 1 N–H and O–H groups in total.